The number of aliphatic hydroxyl groups excluding tert-OH is 1. The van der Waals surface area contributed by atoms with Gasteiger partial charge >= 0.3 is 0 Å². The molecule has 0 aromatic rings. The maximum atomic E-state index is 12.5. The van der Waals surface area contributed by atoms with Crippen LogP contribution in [0.25, 0.3) is 0 Å². The van der Waals surface area contributed by atoms with Crippen molar-refractivity contribution in [3.05, 3.63) is 47.1 Å². The van der Waals surface area contributed by atoms with Gasteiger partial charge in [-0.2, -0.15) is 0 Å². The van der Waals surface area contributed by atoms with Gasteiger partial charge in [-0.05, 0) is 106 Å². The first kappa shape index (κ1) is 34.0. The monoisotopic (exact) mass is 562 g/mol. The van der Waals surface area contributed by atoms with Crippen LogP contribution in [0.15, 0.2) is 47.1 Å². The van der Waals surface area contributed by atoms with E-state index in [1.807, 2.05) is 0 Å². The van der Waals surface area contributed by atoms with E-state index in [-0.39, 0.29) is 11.2 Å². The standard InChI is InChI=1S/C29H46O4S.C5H12/c1-20(10-9-17-34(32,33)27(3,4)5)25-14-15-26-22(11-8-16-28(25,26)6)12-13-23-18-24(30)19-29(7,31)21(23)2;1-5(2,3)4/h12-14,20,24,26,30-31H,2,8-11,15-19H2,1,3-7H3;1-4H3/b22-12+,23-13-;/t20-,24?,26+,28?,29+;/m1./s1. The van der Waals surface area contributed by atoms with E-state index < -0.39 is 26.3 Å². The Hall–Kier alpha value is -1.17. The largest absolute Gasteiger partial charge is 0.393 e. The Kier molecular flexibility index (Phi) is 10.8. The third-order valence-electron chi connectivity index (χ3n) is 8.75. The van der Waals surface area contributed by atoms with Gasteiger partial charge in [0.1, 0.15) is 0 Å². The van der Waals surface area contributed by atoms with E-state index >= 15 is 0 Å². The zero-order valence-electron chi connectivity index (χ0n) is 26.7. The van der Waals surface area contributed by atoms with Gasteiger partial charge in [-0.15, -0.1) is 0 Å². The van der Waals surface area contributed by atoms with E-state index in [0.717, 1.165) is 36.8 Å². The predicted molar refractivity (Wildman–Crippen MR) is 166 cm³/mol. The molecule has 39 heavy (non-hydrogen) atoms. The number of rotatable bonds is 6. The van der Waals surface area contributed by atoms with Crippen LogP contribution in [0.3, 0.4) is 0 Å². The molecule has 0 aliphatic heterocycles. The maximum absolute atomic E-state index is 12.5. The van der Waals surface area contributed by atoms with Crippen molar-refractivity contribution in [3.63, 3.8) is 0 Å². The summed E-state index contributed by atoms with van der Waals surface area (Å²) in [6, 6.07) is 0. The van der Waals surface area contributed by atoms with Crippen molar-refractivity contribution < 1.29 is 18.6 Å². The number of hydrogen-bond donors (Lipinski definition) is 2. The fourth-order valence-corrected chi connectivity index (χ4v) is 7.57. The Balaban J connectivity index is 0.000000976. The van der Waals surface area contributed by atoms with Crippen molar-refractivity contribution in [2.45, 2.75) is 137 Å². The lowest BCUT2D eigenvalue weighted by Crippen LogP contribution is -2.37. The Morgan fingerprint density at radius 3 is 2.28 bits per heavy atom. The summed E-state index contributed by atoms with van der Waals surface area (Å²) in [5.74, 6) is 1.11. The molecule has 5 heteroatoms. The lowest BCUT2D eigenvalue weighted by atomic mass is 9.62. The van der Waals surface area contributed by atoms with Crippen molar-refractivity contribution in [2.24, 2.45) is 22.7 Å². The second-order valence-electron chi connectivity index (χ2n) is 15.4. The first-order chi connectivity index (χ1) is 17.6. The number of hydrogen-bond acceptors (Lipinski definition) is 4. The topological polar surface area (TPSA) is 74.6 Å². The van der Waals surface area contributed by atoms with Crippen LogP contribution in [0.5, 0.6) is 0 Å². The number of aliphatic hydroxyl groups is 2. The summed E-state index contributed by atoms with van der Waals surface area (Å²) in [4.78, 5) is 0. The fourth-order valence-electron chi connectivity index (χ4n) is 6.41. The van der Waals surface area contributed by atoms with Crippen LogP contribution < -0.4 is 0 Å². The summed E-state index contributed by atoms with van der Waals surface area (Å²) in [7, 11) is -3.08. The van der Waals surface area contributed by atoms with Crippen LogP contribution in [-0.2, 0) is 9.84 Å². The molecule has 2 saturated carbocycles. The molecular weight excluding hydrogens is 504 g/mol. The first-order valence-electron chi connectivity index (χ1n) is 15.0. The smallest absolute Gasteiger partial charge is 0.155 e. The van der Waals surface area contributed by atoms with Crippen LogP contribution in [0.4, 0.5) is 0 Å². The zero-order valence-corrected chi connectivity index (χ0v) is 27.5. The van der Waals surface area contributed by atoms with Gasteiger partial charge in [0, 0.05) is 6.42 Å². The van der Waals surface area contributed by atoms with Gasteiger partial charge in [-0.1, -0.05) is 77.5 Å². The minimum Gasteiger partial charge on any atom is -0.393 e. The molecule has 5 atom stereocenters. The number of sulfone groups is 1. The molecule has 2 N–H and O–H groups in total. The minimum absolute atomic E-state index is 0.124. The van der Waals surface area contributed by atoms with E-state index in [9.17, 15) is 18.6 Å². The number of fused-ring (bicyclic) bond motifs is 1. The molecular formula is C34H58O4S. The van der Waals surface area contributed by atoms with E-state index in [0.29, 0.717) is 36.5 Å². The lowest BCUT2D eigenvalue weighted by Gasteiger charge is -2.42. The first-order valence-corrected chi connectivity index (χ1v) is 16.7. The van der Waals surface area contributed by atoms with Crippen molar-refractivity contribution >= 4 is 9.84 Å². The van der Waals surface area contributed by atoms with Gasteiger partial charge in [-0.3, -0.25) is 0 Å². The highest BCUT2D eigenvalue weighted by Gasteiger charge is 2.46. The SMILES string of the molecule is C=C1/C(=C\C=C2/CCCC3(C)C([C@H](C)CCCS(=O)(=O)C(C)(C)C)=CC[C@@H]23)CC(O)C[C@]1(C)O.CC(C)(C)C. The second kappa shape index (κ2) is 12.4. The molecule has 3 aliphatic carbocycles. The summed E-state index contributed by atoms with van der Waals surface area (Å²) in [6.07, 6.45) is 13.1. The predicted octanol–water partition coefficient (Wildman–Crippen LogP) is 8.12. The van der Waals surface area contributed by atoms with Gasteiger partial charge in [0.15, 0.2) is 9.84 Å². The molecule has 2 fully saturated rings. The molecule has 4 nitrogen and oxygen atoms in total. The summed E-state index contributed by atoms with van der Waals surface area (Å²) in [6.45, 7) is 24.6. The molecule has 3 aliphatic rings. The quantitative estimate of drug-likeness (QED) is 0.321. The van der Waals surface area contributed by atoms with E-state index in [1.54, 1.807) is 27.7 Å². The van der Waals surface area contributed by atoms with Gasteiger partial charge < -0.3 is 10.2 Å². The molecule has 0 bridgehead atoms. The molecule has 0 heterocycles. The van der Waals surface area contributed by atoms with Crippen LogP contribution in [-0.4, -0.2) is 40.8 Å². The van der Waals surface area contributed by atoms with Crippen LogP contribution in [0.2, 0.25) is 0 Å². The molecule has 0 aromatic heterocycles. The van der Waals surface area contributed by atoms with E-state index in [4.69, 9.17) is 0 Å². The highest BCUT2D eigenvalue weighted by atomic mass is 32.2. The Morgan fingerprint density at radius 1 is 1.13 bits per heavy atom. The van der Waals surface area contributed by atoms with Gasteiger partial charge in [0.2, 0.25) is 0 Å². The summed E-state index contributed by atoms with van der Waals surface area (Å²) < 4.78 is 24.3. The highest BCUT2D eigenvalue weighted by molar-refractivity contribution is 7.92. The van der Waals surface area contributed by atoms with Crippen LogP contribution in [0.1, 0.15) is 121 Å². The maximum Gasteiger partial charge on any atom is 0.155 e. The third-order valence-corrected chi connectivity index (χ3v) is 11.4. The Bertz CT molecular complexity index is 1070. The summed E-state index contributed by atoms with van der Waals surface area (Å²) >= 11 is 0. The van der Waals surface area contributed by atoms with Crippen molar-refractivity contribution in [1.82, 2.24) is 0 Å². The zero-order chi connectivity index (χ0) is 30.0. The Labute approximate surface area is 240 Å². The molecule has 224 valence electrons. The van der Waals surface area contributed by atoms with Gasteiger partial charge in [-0.25, -0.2) is 8.42 Å². The molecule has 0 amide bonds. The number of allylic oxidation sites excluding steroid dienone is 5. The average Bonchev–Trinajstić information content (AvgIpc) is 3.10. The lowest BCUT2D eigenvalue weighted by molar-refractivity contribution is 0.0204. The van der Waals surface area contributed by atoms with Crippen molar-refractivity contribution in [3.8, 4) is 0 Å². The average molecular weight is 563 g/mol. The third kappa shape index (κ3) is 8.91. The highest BCUT2D eigenvalue weighted by Crippen LogP contribution is 2.57. The normalized spacial score (nSPS) is 32.9. The minimum atomic E-state index is -3.08. The van der Waals surface area contributed by atoms with Crippen LogP contribution in [0, 0.1) is 22.7 Å². The summed E-state index contributed by atoms with van der Waals surface area (Å²) in [5, 5.41) is 20.8. The molecule has 0 radical (unpaired) electrons. The van der Waals surface area contributed by atoms with E-state index in [1.165, 1.54) is 17.6 Å². The second-order valence-corrected chi connectivity index (χ2v) is 18.3. The van der Waals surface area contributed by atoms with Gasteiger partial charge in [0.05, 0.1) is 22.2 Å². The van der Waals surface area contributed by atoms with Crippen molar-refractivity contribution in [1.29, 1.82) is 0 Å². The molecule has 2 unspecified atom stereocenters. The molecule has 3 rings (SSSR count). The summed E-state index contributed by atoms with van der Waals surface area (Å²) in [5.41, 5.74) is 4.19. The molecule has 0 aromatic carbocycles. The van der Waals surface area contributed by atoms with Crippen LogP contribution >= 0.6 is 0 Å². The van der Waals surface area contributed by atoms with E-state index in [2.05, 4.69) is 66.3 Å². The van der Waals surface area contributed by atoms with Crippen molar-refractivity contribution in [2.75, 3.05) is 5.75 Å². The molecule has 0 saturated heterocycles. The molecule has 0 spiro atoms. The fraction of sp³-hybridized carbons (Fsp3) is 0.765. The Morgan fingerprint density at radius 2 is 1.72 bits per heavy atom. The van der Waals surface area contributed by atoms with Gasteiger partial charge in [0.25, 0.3) is 0 Å².